The molecule has 0 amide bonds. The number of nitrogens with zero attached hydrogens (tertiary/aromatic N) is 3. The summed E-state index contributed by atoms with van der Waals surface area (Å²) in [6, 6.07) is 20.6. The van der Waals surface area contributed by atoms with Gasteiger partial charge in [0, 0.05) is 17.8 Å². The molecule has 0 atom stereocenters. The van der Waals surface area contributed by atoms with E-state index in [-0.39, 0.29) is 0 Å². The zero-order valence-electron chi connectivity index (χ0n) is 16.6. The van der Waals surface area contributed by atoms with E-state index in [0.717, 1.165) is 34.0 Å². The Morgan fingerprint density at radius 2 is 1.83 bits per heavy atom. The van der Waals surface area contributed by atoms with Gasteiger partial charge < -0.3 is 9.30 Å². The molecule has 0 aliphatic rings. The molecule has 5 heteroatoms. The molecule has 0 aliphatic heterocycles. The van der Waals surface area contributed by atoms with Gasteiger partial charge in [0.25, 0.3) is 0 Å². The summed E-state index contributed by atoms with van der Waals surface area (Å²) in [5.74, 6) is 0.862. The SMILES string of the molecule is CCOc1ccc(N=c2scc(-c3ccc(C)cc3)n2Cc2cccnc2)cc1. The van der Waals surface area contributed by atoms with Gasteiger partial charge in [-0.05, 0) is 55.3 Å². The minimum atomic E-state index is 0.659. The second-order valence-electron chi connectivity index (χ2n) is 6.76. The quantitative estimate of drug-likeness (QED) is 0.422. The van der Waals surface area contributed by atoms with Crippen LogP contribution in [0.15, 0.2) is 83.4 Å². The van der Waals surface area contributed by atoms with E-state index in [1.54, 1.807) is 17.5 Å². The molecule has 0 N–H and O–H groups in total. The van der Waals surface area contributed by atoms with E-state index in [1.165, 1.54) is 11.1 Å². The van der Waals surface area contributed by atoms with Gasteiger partial charge in [-0.15, -0.1) is 11.3 Å². The first-order valence-corrected chi connectivity index (χ1v) is 10.5. The Kier molecular flexibility index (Phi) is 5.86. The van der Waals surface area contributed by atoms with E-state index in [0.29, 0.717) is 6.61 Å². The second-order valence-corrected chi connectivity index (χ2v) is 7.59. The first-order chi connectivity index (χ1) is 14.2. The maximum Gasteiger partial charge on any atom is 0.190 e. The van der Waals surface area contributed by atoms with Crippen molar-refractivity contribution in [3.8, 4) is 17.0 Å². The zero-order chi connectivity index (χ0) is 20.1. The Hall–Kier alpha value is -3.18. The van der Waals surface area contributed by atoms with E-state index in [2.05, 4.69) is 52.2 Å². The predicted molar refractivity (Wildman–Crippen MR) is 119 cm³/mol. The van der Waals surface area contributed by atoms with Crippen molar-refractivity contribution >= 4 is 17.0 Å². The number of hydrogen-bond donors (Lipinski definition) is 0. The highest BCUT2D eigenvalue weighted by atomic mass is 32.1. The van der Waals surface area contributed by atoms with Crippen molar-refractivity contribution in [1.29, 1.82) is 0 Å². The monoisotopic (exact) mass is 401 g/mol. The van der Waals surface area contributed by atoms with Crippen molar-refractivity contribution in [3.63, 3.8) is 0 Å². The van der Waals surface area contributed by atoms with Crippen LogP contribution in [-0.4, -0.2) is 16.2 Å². The van der Waals surface area contributed by atoms with Gasteiger partial charge in [-0.3, -0.25) is 4.98 Å². The number of ether oxygens (including phenoxy) is 1. The van der Waals surface area contributed by atoms with Crippen molar-refractivity contribution in [3.05, 3.63) is 94.4 Å². The van der Waals surface area contributed by atoms with Crippen LogP contribution in [-0.2, 0) is 6.54 Å². The predicted octanol–water partition coefficient (Wildman–Crippen LogP) is 5.60. The number of thiazole rings is 1. The van der Waals surface area contributed by atoms with Crippen LogP contribution in [0.3, 0.4) is 0 Å². The summed E-state index contributed by atoms with van der Waals surface area (Å²) < 4.78 is 7.79. The largest absolute Gasteiger partial charge is 0.494 e. The van der Waals surface area contributed by atoms with Gasteiger partial charge in [0.1, 0.15) is 5.75 Å². The lowest BCUT2D eigenvalue weighted by Crippen LogP contribution is -2.16. The third kappa shape index (κ3) is 4.63. The number of benzene rings is 2. The molecule has 0 spiro atoms. The molecule has 0 unspecified atom stereocenters. The molecule has 4 rings (SSSR count). The highest BCUT2D eigenvalue weighted by Crippen LogP contribution is 2.23. The normalized spacial score (nSPS) is 11.6. The fourth-order valence-electron chi connectivity index (χ4n) is 3.09. The zero-order valence-corrected chi connectivity index (χ0v) is 17.4. The second kappa shape index (κ2) is 8.88. The minimum absolute atomic E-state index is 0.659. The summed E-state index contributed by atoms with van der Waals surface area (Å²) in [4.78, 5) is 10.1. The van der Waals surface area contributed by atoms with E-state index >= 15 is 0 Å². The van der Waals surface area contributed by atoms with Crippen LogP contribution >= 0.6 is 11.3 Å². The molecular weight excluding hydrogens is 378 g/mol. The highest BCUT2D eigenvalue weighted by molar-refractivity contribution is 7.07. The first kappa shape index (κ1) is 19.2. The summed E-state index contributed by atoms with van der Waals surface area (Å²) >= 11 is 1.65. The average Bonchev–Trinajstić information content (AvgIpc) is 3.13. The molecule has 2 heterocycles. The van der Waals surface area contributed by atoms with Crippen molar-refractivity contribution < 1.29 is 4.74 Å². The number of rotatable bonds is 6. The van der Waals surface area contributed by atoms with Gasteiger partial charge in [-0.25, -0.2) is 4.99 Å². The Labute approximate surface area is 174 Å². The van der Waals surface area contributed by atoms with E-state index in [9.17, 15) is 0 Å². The lowest BCUT2D eigenvalue weighted by atomic mass is 10.1. The van der Waals surface area contributed by atoms with Crippen molar-refractivity contribution in [1.82, 2.24) is 9.55 Å². The molecule has 0 saturated heterocycles. The summed E-state index contributed by atoms with van der Waals surface area (Å²) in [6.45, 7) is 5.47. The maximum absolute atomic E-state index is 5.53. The summed E-state index contributed by atoms with van der Waals surface area (Å²) in [7, 11) is 0. The maximum atomic E-state index is 5.53. The number of hydrogen-bond acceptors (Lipinski definition) is 4. The Bertz CT molecular complexity index is 1130. The lowest BCUT2D eigenvalue weighted by Gasteiger charge is -2.10. The number of pyridine rings is 1. The Balaban J connectivity index is 1.77. The van der Waals surface area contributed by atoms with Gasteiger partial charge in [0.2, 0.25) is 0 Å². The van der Waals surface area contributed by atoms with Gasteiger partial charge >= 0.3 is 0 Å². The van der Waals surface area contributed by atoms with Crippen LogP contribution in [0, 0.1) is 6.92 Å². The summed E-state index contributed by atoms with van der Waals surface area (Å²) in [5, 5.41) is 2.18. The van der Waals surface area contributed by atoms with Crippen LogP contribution < -0.4 is 9.54 Å². The van der Waals surface area contributed by atoms with Gasteiger partial charge in [0.05, 0.1) is 24.5 Å². The fourth-order valence-corrected chi connectivity index (χ4v) is 4.02. The first-order valence-electron chi connectivity index (χ1n) is 9.65. The van der Waals surface area contributed by atoms with Crippen LogP contribution in [0.25, 0.3) is 11.3 Å². The molecule has 0 radical (unpaired) electrons. The standard InChI is InChI=1S/C24H23N3OS/c1-3-28-22-12-10-21(11-13-22)26-24-27(16-19-5-4-14-25-15-19)23(17-29-24)20-8-6-18(2)7-9-20/h4-15,17H,3,16H2,1-2H3. The van der Waals surface area contributed by atoms with Crippen LogP contribution in [0.4, 0.5) is 5.69 Å². The smallest absolute Gasteiger partial charge is 0.190 e. The van der Waals surface area contributed by atoms with Crippen molar-refractivity contribution in [2.24, 2.45) is 4.99 Å². The minimum Gasteiger partial charge on any atom is -0.494 e. The molecule has 4 nitrogen and oxygen atoms in total. The van der Waals surface area contributed by atoms with Gasteiger partial charge in [-0.2, -0.15) is 0 Å². The van der Waals surface area contributed by atoms with Crippen LogP contribution in [0.1, 0.15) is 18.1 Å². The molecule has 4 aromatic rings. The van der Waals surface area contributed by atoms with Gasteiger partial charge in [0.15, 0.2) is 4.80 Å². The summed E-state index contributed by atoms with van der Waals surface area (Å²) in [5.41, 5.74) is 5.65. The third-order valence-corrected chi connectivity index (χ3v) is 5.44. The molecule has 146 valence electrons. The molecular formula is C24H23N3OS. The summed E-state index contributed by atoms with van der Waals surface area (Å²) in [6.07, 6.45) is 3.71. The van der Waals surface area contributed by atoms with Crippen molar-refractivity contribution in [2.45, 2.75) is 20.4 Å². The van der Waals surface area contributed by atoms with Crippen molar-refractivity contribution in [2.75, 3.05) is 6.61 Å². The Morgan fingerprint density at radius 3 is 2.52 bits per heavy atom. The van der Waals surface area contributed by atoms with E-state index in [1.807, 2.05) is 43.5 Å². The Morgan fingerprint density at radius 1 is 1.03 bits per heavy atom. The average molecular weight is 402 g/mol. The number of aromatic nitrogens is 2. The molecule has 0 aliphatic carbocycles. The number of aryl methyl sites for hydroxylation is 1. The highest BCUT2D eigenvalue weighted by Gasteiger charge is 2.09. The van der Waals surface area contributed by atoms with Gasteiger partial charge in [-0.1, -0.05) is 35.9 Å². The fraction of sp³-hybridized carbons (Fsp3) is 0.167. The van der Waals surface area contributed by atoms with Crippen LogP contribution in [0.5, 0.6) is 5.75 Å². The molecule has 0 bridgehead atoms. The molecule has 0 saturated carbocycles. The molecule has 2 aromatic heterocycles. The molecule has 2 aromatic carbocycles. The lowest BCUT2D eigenvalue weighted by molar-refractivity contribution is 0.340. The third-order valence-electron chi connectivity index (χ3n) is 4.58. The molecule has 29 heavy (non-hydrogen) atoms. The van der Waals surface area contributed by atoms with E-state index in [4.69, 9.17) is 9.73 Å². The topological polar surface area (TPSA) is 39.4 Å². The molecule has 0 fully saturated rings. The van der Waals surface area contributed by atoms with Crippen LogP contribution in [0.2, 0.25) is 0 Å². The van der Waals surface area contributed by atoms with E-state index < -0.39 is 0 Å².